The average Bonchev–Trinajstić information content (AvgIpc) is 2.93. The molecule has 0 atom stereocenters. The van der Waals surface area contributed by atoms with Crippen LogP contribution in [0.15, 0.2) is 41.2 Å². The van der Waals surface area contributed by atoms with Gasteiger partial charge in [-0.3, -0.25) is 0 Å². The number of nitriles is 1. The first-order chi connectivity index (χ1) is 8.74. The molecule has 0 spiro atoms. The molecular weight excluding hydrogens is 234 g/mol. The van der Waals surface area contributed by atoms with Crippen LogP contribution in [0.3, 0.4) is 0 Å². The highest BCUT2D eigenvalue weighted by Gasteiger charge is 2.13. The standard InChI is InChI=1S/C13H9NO4/c1-16-12-6-9(7-14)2-3-11(12)18-13(15)10-4-5-17-8-10/h2-6,8H,1H3. The quantitative estimate of drug-likeness (QED) is 0.611. The van der Waals surface area contributed by atoms with Gasteiger partial charge in [-0.2, -0.15) is 5.26 Å². The van der Waals surface area contributed by atoms with Crippen LogP contribution in [0.4, 0.5) is 0 Å². The summed E-state index contributed by atoms with van der Waals surface area (Å²) in [4.78, 5) is 11.7. The fourth-order valence-corrected chi connectivity index (χ4v) is 1.36. The Morgan fingerprint density at radius 2 is 2.17 bits per heavy atom. The van der Waals surface area contributed by atoms with Gasteiger partial charge in [-0.1, -0.05) is 0 Å². The Labute approximate surface area is 103 Å². The van der Waals surface area contributed by atoms with E-state index in [9.17, 15) is 4.79 Å². The van der Waals surface area contributed by atoms with Crippen LogP contribution < -0.4 is 9.47 Å². The molecule has 0 saturated heterocycles. The molecule has 0 aliphatic heterocycles. The molecule has 0 aliphatic carbocycles. The minimum Gasteiger partial charge on any atom is -0.493 e. The highest BCUT2D eigenvalue weighted by molar-refractivity contribution is 5.90. The Morgan fingerprint density at radius 3 is 2.78 bits per heavy atom. The largest absolute Gasteiger partial charge is 0.493 e. The van der Waals surface area contributed by atoms with Crippen LogP contribution >= 0.6 is 0 Å². The Hall–Kier alpha value is -2.74. The first kappa shape index (κ1) is 11.7. The number of carbonyl (C=O) groups is 1. The van der Waals surface area contributed by atoms with E-state index in [4.69, 9.17) is 19.2 Å². The number of rotatable bonds is 3. The van der Waals surface area contributed by atoms with Crippen molar-refractivity contribution in [3.05, 3.63) is 47.9 Å². The lowest BCUT2D eigenvalue weighted by Gasteiger charge is -2.08. The number of hydrogen-bond donors (Lipinski definition) is 0. The number of carbonyl (C=O) groups excluding carboxylic acids is 1. The van der Waals surface area contributed by atoms with E-state index in [0.29, 0.717) is 16.9 Å². The number of hydrogen-bond acceptors (Lipinski definition) is 5. The predicted molar refractivity (Wildman–Crippen MR) is 61.4 cm³/mol. The van der Waals surface area contributed by atoms with Crippen molar-refractivity contribution in [1.29, 1.82) is 5.26 Å². The van der Waals surface area contributed by atoms with Gasteiger partial charge < -0.3 is 13.9 Å². The fourth-order valence-electron chi connectivity index (χ4n) is 1.36. The minimum atomic E-state index is -0.549. The van der Waals surface area contributed by atoms with E-state index >= 15 is 0 Å². The summed E-state index contributed by atoms with van der Waals surface area (Å²) in [5.41, 5.74) is 0.733. The smallest absolute Gasteiger partial charge is 0.346 e. The molecule has 0 radical (unpaired) electrons. The van der Waals surface area contributed by atoms with Crippen molar-refractivity contribution in [2.45, 2.75) is 0 Å². The fraction of sp³-hybridized carbons (Fsp3) is 0.0769. The predicted octanol–water partition coefficient (Wildman–Crippen LogP) is 2.38. The SMILES string of the molecule is COc1cc(C#N)ccc1OC(=O)c1ccoc1. The van der Waals surface area contributed by atoms with Crippen molar-refractivity contribution < 1.29 is 18.7 Å². The van der Waals surface area contributed by atoms with E-state index in [1.807, 2.05) is 6.07 Å². The Morgan fingerprint density at radius 1 is 1.33 bits per heavy atom. The van der Waals surface area contributed by atoms with Gasteiger partial charge in [0.05, 0.1) is 30.6 Å². The van der Waals surface area contributed by atoms with Gasteiger partial charge in [0, 0.05) is 6.07 Å². The van der Waals surface area contributed by atoms with Gasteiger partial charge in [0.1, 0.15) is 6.26 Å². The lowest BCUT2D eigenvalue weighted by Crippen LogP contribution is -2.08. The van der Waals surface area contributed by atoms with Crippen LogP contribution in [0.5, 0.6) is 11.5 Å². The molecule has 1 aromatic heterocycles. The number of furan rings is 1. The van der Waals surface area contributed by atoms with Crippen LogP contribution in [0.1, 0.15) is 15.9 Å². The molecule has 5 heteroatoms. The van der Waals surface area contributed by atoms with Crippen LogP contribution in [0.2, 0.25) is 0 Å². The van der Waals surface area contributed by atoms with E-state index in [1.54, 1.807) is 6.07 Å². The van der Waals surface area contributed by atoms with Crippen molar-refractivity contribution in [3.63, 3.8) is 0 Å². The van der Waals surface area contributed by atoms with Crippen LogP contribution in [0.25, 0.3) is 0 Å². The molecule has 0 amide bonds. The molecule has 90 valence electrons. The normalized spacial score (nSPS) is 9.56. The second kappa shape index (κ2) is 5.06. The molecule has 18 heavy (non-hydrogen) atoms. The van der Waals surface area contributed by atoms with Gasteiger partial charge in [-0.05, 0) is 18.2 Å². The molecule has 0 N–H and O–H groups in total. The third kappa shape index (κ3) is 2.33. The van der Waals surface area contributed by atoms with Gasteiger partial charge in [-0.25, -0.2) is 4.79 Å². The monoisotopic (exact) mass is 243 g/mol. The van der Waals surface area contributed by atoms with Crippen molar-refractivity contribution in [2.75, 3.05) is 7.11 Å². The zero-order valence-electron chi connectivity index (χ0n) is 9.54. The number of esters is 1. The second-order valence-corrected chi connectivity index (χ2v) is 3.38. The summed E-state index contributed by atoms with van der Waals surface area (Å²) in [5, 5.41) is 8.75. The van der Waals surface area contributed by atoms with Gasteiger partial charge in [-0.15, -0.1) is 0 Å². The molecule has 0 aliphatic rings. The molecule has 0 fully saturated rings. The van der Waals surface area contributed by atoms with Crippen molar-refractivity contribution in [1.82, 2.24) is 0 Å². The summed E-state index contributed by atoms with van der Waals surface area (Å²) in [5.74, 6) is 0.0281. The number of benzene rings is 1. The van der Waals surface area contributed by atoms with Crippen molar-refractivity contribution >= 4 is 5.97 Å². The third-order valence-corrected chi connectivity index (χ3v) is 2.25. The molecule has 1 heterocycles. The summed E-state index contributed by atoms with van der Waals surface area (Å²) in [6.07, 6.45) is 2.67. The molecule has 5 nitrogen and oxygen atoms in total. The minimum absolute atomic E-state index is 0.253. The number of ether oxygens (including phenoxy) is 2. The van der Waals surface area contributed by atoms with Gasteiger partial charge in [0.2, 0.25) is 0 Å². The lowest BCUT2D eigenvalue weighted by atomic mass is 10.2. The van der Waals surface area contributed by atoms with E-state index in [2.05, 4.69) is 0 Å². The first-order valence-electron chi connectivity index (χ1n) is 5.07. The molecule has 1 aromatic carbocycles. The average molecular weight is 243 g/mol. The Kier molecular flexibility index (Phi) is 3.30. The maximum atomic E-state index is 11.7. The van der Waals surface area contributed by atoms with Crippen LogP contribution in [-0.2, 0) is 0 Å². The summed E-state index contributed by atoms with van der Waals surface area (Å²) < 4.78 is 15.0. The summed E-state index contributed by atoms with van der Waals surface area (Å²) >= 11 is 0. The highest BCUT2D eigenvalue weighted by atomic mass is 16.6. The van der Waals surface area contributed by atoms with Gasteiger partial charge in [0.15, 0.2) is 11.5 Å². The molecular formula is C13H9NO4. The summed E-state index contributed by atoms with van der Waals surface area (Å²) in [6.45, 7) is 0. The van der Waals surface area contributed by atoms with E-state index in [-0.39, 0.29) is 5.75 Å². The van der Waals surface area contributed by atoms with Gasteiger partial charge in [0.25, 0.3) is 0 Å². The molecule has 2 aromatic rings. The Balaban J connectivity index is 2.24. The van der Waals surface area contributed by atoms with Crippen LogP contribution in [0, 0.1) is 11.3 Å². The number of nitrogens with zero attached hydrogens (tertiary/aromatic N) is 1. The lowest BCUT2D eigenvalue weighted by molar-refractivity contribution is 0.0729. The van der Waals surface area contributed by atoms with Crippen molar-refractivity contribution in [2.24, 2.45) is 0 Å². The Bertz CT molecular complexity index is 596. The van der Waals surface area contributed by atoms with E-state index < -0.39 is 5.97 Å². The van der Waals surface area contributed by atoms with Crippen LogP contribution in [-0.4, -0.2) is 13.1 Å². The zero-order valence-corrected chi connectivity index (χ0v) is 9.54. The number of methoxy groups -OCH3 is 1. The van der Waals surface area contributed by atoms with Gasteiger partial charge >= 0.3 is 5.97 Å². The second-order valence-electron chi connectivity index (χ2n) is 3.38. The molecule has 0 unspecified atom stereocenters. The molecule has 0 bridgehead atoms. The van der Waals surface area contributed by atoms with E-state index in [1.165, 1.54) is 37.8 Å². The molecule has 2 rings (SSSR count). The first-order valence-corrected chi connectivity index (χ1v) is 5.07. The van der Waals surface area contributed by atoms with E-state index in [0.717, 1.165) is 0 Å². The molecule has 0 saturated carbocycles. The maximum Gasteiger partial charge on any atom is 0.346 e. The zero-order chi connectivity index (χ0) is 13.0. The summed E-state index contributed by atoms with van der Waals surface area (Å²) in [7, 11) is 1.44. The third-order valence-electron chi connectivity index (χ3n) is 2.25. The highest BCUT2D eigenvalue weighted by Crippen LogP contribution is 2.28. The van der Waals surface area contributed by atoms with Crippen molar-refractivity contribution in [3.8, 4) is 17.6 Å². The maximum absolute atomic E-state index is 11.7. The summed E-state index contributed by atoms with van der Waals surface area (Å²) in [6, 6.07) is 8.02. The topological polar surface area (TPSA) is 72.5 Å².